The first-order valence-electron chi connectivity index (χ1n) is 11.6. The van der Waals surface area contributed by atoms with Gasteiger partial charge in [-0.05, 0) is 82.0 Å². The van der Waals surface area contributed by atoms with Crippen molar-refractivity contribution >= 4 is 32.5 Å². The summed E-state index contributed by atoms with van der Waals surface area (Å²) >= 11 is 0. The molecule has 1 aromatic heterocycles. The van der Waals surface area contributed by atoms with E-state index in [0.29, 0.717) is 18.8 Å². The molecule has 1 atom stereocenters. The van der Waals surface area contributed by atoms with Crippen molar-refractivity contribution in [3.05, 3.63) is 69.5 Å². The van der Waals surface area contributed by atoms with Crippen molar-refractivity contribution in [3.8, 4) is 0 Å². The van der Waals surface area contributed by atoms with Gasteiger partial charge in [-0.3, -0.25) is 14.2 Å². The molecule has 34 heavy (non-hydrogen) atoms. The Kier molecular flexibility index (Phi) is 6.64. The summed E-state index contributed by atoms with van der Waals surface area (Å²) in [6.45, 7) is 8.62. The zero-order chi connectivity index (χ0) is 24.6. The van der Waals surface area contributed by atoms with Crippen LogP contribution in [0.3, 0.4) is 0 Å². The molecular weight excluding hydrogens is 450 g/mol. The summed E-state index contributed by atoms with van der Waals surface area (Å²) in [5.41, 5.74) is 3.90. The number of fused-ring (bicyclic) bond motifs is 1. The van der Waals surface area contributed by atoms with Gasteiger partial charge in [-0.15, -0.1) is 0 Å². The molecule has 1 unspecified atom stereocenters. The van der Waals surface area contributed by atoms with Crippen LogP contribution in [0.4, 0.5) is 5.69 Å². The van der Waals surface area contributed by atoms with Crippen molar-refractivity contribution in [2.24, 2.45) is 0 Å². The second-order valence-electron chi connectivity index (χ2n) is 9.17. The number of carbonyl (C=O) groups excluding carboxylic acids is 1. The summed E-state index contributed by atoms with van der Waals surface area (Å²) in [6, 6.07) is 11.1. The number of rotatable bonds is 5. The maximum Gasteiger partial charge on any atom is 0.252 e. The Labute approximate surface area is 200 Å². The number of pyridine rings is 1. The fraction of sp³-hybridized carbons (Fsp3) is 0.385. The molecule has 0 bridgehead atoms. The van der Waals surface area contributed by atoms with Gasteiger partial charge in [0.15, 0.2) is 0 Å². The lowest BCUT2D eigenvalue weighted by atomic mass is 10.0. The van der Waals surface area contributed by atoms with Gasteiger partial charge in [0.1, 0.15) is 6.04 Å². The molecule has 1 fully saturated rings. The first-order valence-corrected chi connectivity index (χ1v) is 13.1. The van der Waals surface area contributed by atoms with Crippen LogP contribution in [0.25, 0.3) is 10.9 Å². The average molecular weight is 482 g/mol. The fourth-order valence-electron chi connectivity index (χ4n) is 4.74. The highest BCUT2D eigenvalue weighted by molar-refractivity contribution is 7.89. The minimum atomic E-state index is -3.53. The van der Waals surface area contributed by atoms with Crippen LogP contribution in [0.15, 0.2) is 52.2 Å². The number of piperidine rings is 1. The van der Waals surface area contributed by atoms with Gasteiger partial charge >= 0.3 is 0 Å². The van der Waals surface area contributed by atoms with Crippen molar-refractivity contribution in [2.45, 2.75) is 57.9 Å². The van der Waals surface area contributed by atoms with Crippen molar-refractivity contribution in [1.82, 2.24) is 8.87 Å². The molecule has 8 heteroatoms. The SMILES string of the molecule is Cc1cc(C)c2c(c1)c(C)cc(=O)n2C(C)C(=O)Nc1ccc(S(=O)(=O)N2CCCCC2)cc1. The lowest BCUT2D eigenvalue weighted by molar-refractivity contribution is -0.118. The molecule has 1 N–H and O–H groups in total. The molecule has 0 radical (unpaired) electrons. The van der Waals surface area contributed by atoms with Gasteiger partial charge in [0.05, 0.1) is 10.4 Å². The minimum absolute atomic E-state index is 0.215. The fourth-order valence-corrected chi connectivity index (χ4v) is 6.25. The highest BCUT2D eigenvalue weighted by atomic mass is 32.2. The number of nitrogens with one attached hydrogen (secondary N) is 1. The molecule has 2 heterocycles. The monoisotopic (exact) mass is 481 g/mol. The van der Waals surface area contributed by atoms with Crippen LogP contribution < -0.4 is 10.9 Å². The van der Waals surface area contributed by atoms with E-state index in [9.17, 15) is 18.0 Å². The highest BCUT2D eigenvalue weighted by Crippen LogP contribution is 2.26. The second-order valence-corrected chi connectivity index (χ2v) is 11.1. The van der Waals surface area contributed by atoms with Crippen LogP contribution >= 0.6 is 0 Å². The largest absolute Gasteiger partial charge is 0.324 e. The van der Waals surface area contributed by atoms with Gasteiger partial charge in [0, 0.05) is 30.2 Å². The molecule has 2 aromatic carbocycles. The number of hydrogen-bond donors (Lipinski definition) is 1. The van der Waals surface area contributed by atoms with Gasteiger partial charge < -0.3 is 5.32 Å². The molecule has 180 valence electrons. The van der Waals surface area contributed by atoms with E-state index in [1.165, 1.54) is 21.0 Å². The Bertz CT molecular complexity index is 1400. The van der Waals surface area contributed by atoms with Gasteiger partial charge in [-0.25, -0.2) is 8.42 Å². The summed E-state index contributed by atoms with van der Waals surface area (Å²) in [7, 11) is -3.53. The van der Waals surface area contributed by atoms with Crippen LogP contribution in [0, 0.1) is 20.8 Å². The number of aryl methyl sites for hydroxylation is 3. The van der Waals surface area contributed by atoms with E-state index in [0.717, 1.165) is 46.9 Å². The summed E-state index contributed by atoms with van der Waals surface area (Å²) in [5, 5.41) is 3.78. The lowest BCUT2D eigenvalue weighted by Crippen LogP contribution is -2.35. The Morgan fingerprint density at radius 3 is 2.24 bits per heavy atom. The van der Waals surface area contributed by atoms with Crippen LogP contribution in [0.1, 0.15) is 48.9 Å². The third kappa shape index (κ3) is 4.52. The number of aromatic nitrogens is 1. The van der Waals surface area contributed by atoms with Crippen LogP contribution in [0.2, 0.25) is 0 Å². The molecule has 0 aliphatic carbocycles. The van der Waals surface area contributed by atoms with Gasteiger partial charge in [-0.2, -0.15) is 4.31 Å². The Morgan fingerprint density at radius 1 is 0.941 bits per heavy atom. The van der Waals surface area contributed by atoms with Crippen LogP contribution in [0.5, 0.6) is 0 Å². The molecule has 1 aliphatic heterocycles. The van der Waals surface area contributed by atoms with E-state index >= 15 is 0 Å². The van der Waals surface area contributed by atoms with Crippen molar-refractivity contribution in [2.75, 3.05) is 18.4 Å². The first kappa shape index (κ1) is 24.2. The molecule has 4 rings (SSSR count). The predicted octanol–water partition coefficient (Wildman–Crippen LogP) is 4.30. The van der Waals surface area contributed by atoms with E-state index in [1.807, 2.05) is 32.9 Å². The molecular formula is C26H31N3O4S. The maximum atomic E-state index is 13.1. The number of carbonyl (C=O) groups is 1. The topological polar surface area (TPSA) is 88.5 Å². The number of nitrogens with zero attached hydrogens (tertiary/aromatic N) is 2. The molecule has 1 amide bonds. The number of amides is 1. The third-order valence-electron chi connectivity index (χ3n) is 6.53. The number of sulfonamides is 1. The number of benzene rings is 2. The molecule has 0 saturated carbocycles. The van der Waals surface area contributed by atoms with E-state index < -0.39 is 16.1 Å². The van der Waals surface area contributed by atoms with Gasteiger partial charge in [0.2, 0.25) is 15.9 Å². The molecule has 1 saturated heterocycles. The van der Waals surface area contributed by atoms with Crippen molar-refractivity contribution < 1.29 is 13.2 Å². The average Bonchev–Trinajstić information content (AvgIpc) is 2.80. The van der Waals surface area contributed by atoms with Crippen LogP contribution in [-0.4, -0.2) is 36.3 Å². The second kappa shape index (κ2) is 9.35. The Balaban J connectivity index is 1.59. The van der Waals surface area contributed by atoms with E-state index in [4.69, 9.17) is 0 Å². The maximum absolute atomic E-state index is 13.1. The Morgan fingerprint density at radius 2 is 1.59 bits per heavy atom. The summed E-state index contributed by atoms with van der Waals surface area (Å²) in [4.78, 5) is 26.2. The molecule has 0 spiro atoms. The van der Waals surface area contributed by atoms with Crippen molar-refractivity contribution in [3.63, 3.8) is 0 Å². The third-order valence-corrected chi connectivity index (χ3v) is 8.44. The zero-order valence-corrected chi connectivity index (χ0v) is 20.9. The summed E-state index contributed by atoms with van der Waals surface area (Å²) in [5.74, 6) is -0.348. The van der Waals surface area contributed by atoms with Crippen LogP contribution in [-0.2, 0) is 14.8 Å². The molecule has 1 aliphatic rings. The number of anilines is 1. The minimum Gasteiger partial charge on any atom is -0.324 e. The number of hydrogen-bond acceptors (Lipinski definition) is 4. The van der Waals surface area contributed by atoms with Gasteiger partial charge in [-0.1, -0.05) is 18.1 Å². The first-order chi connectivity index (χ1) is 16.1. The Hall–Kier alpha value is -2.97. The molecule has 3 aromatic rings. The van der Waals surface area contributed by atoms with E-state index in [1.54, 1.807) is 25.1 Å². The van der Waals surface area contributed by atoms with E-state index in [2.05, 4.69) is 5.32 Å². The highest BCUT2D eigenvalue weighted by Gasteiger charge is 2.26. The summed E-state index contributed by atoms with van der Waals surface area (Å²) in [6.07, 6.45) is 2.79. The van der Waals surface area contributed by atoms with E-state index in [-0.39, 0.29) is 16.4 Å². The summed E-state index contributed by atoms with van der Waals surface area (Å²) < 4.78 is 28.8. The predicted molar refractivity (Wildman–Crippen MR) is 135 cm³/mol. The molecule has 7 nitrogen and oxygen atoms in total. The zero-order valence-electron chi connectivity index (χ0n) is 20.1. The van der Waals surface area contributed by atoms with Crippen molar-refractivity contribution in [1.29, 1.82) is 0 Å². The quantitative estimate of drug-likeness (QED) is 0.588. The normalized spacial score (nSPS) is 15.9. The van der Waals surface area contributed by atoms with Gasteiger partial charge in [0.25, 0.3) is 5.56 Å². The smallest absolute Gasteiger partial charge is 0.252 e. The standard InChI is InChI=1S/C26H31N3O4S/c1-17-14-19(3)25-23(15-17)18(2)16-24(30)29(25)20(4)26(31)27-21-8-10-22(11-9-21)34(32,33)28-12-6-5-7-13-28/h8-11,14-16,20H,5-7,12-13H2,1-4H3,(H,27,31). The lowest BCUT2D eigenvalue weighted by Gasteiger charge is -2.26.